The summed E-state index contributed by atoms with van der Waals surface area (Å²) < 4.78 is 12.5. The first-order chi connectivity index (χ1) is 15.2. The van der Waals surface area contributed by atoms with Gasteiger partial charge in [0.2, 0.25) is 12.7 Å². The number of aromatic nitrogens is 3. The number of carbonyl (C=O) groups excluding carboxylic acids is 1. The topological polar surface area (TPSA) is 78.3 Å². The highest BCUT2D eigenvalue weighted by Gasteiger charge is 2.15. The van der Waals surface area contributed by atoms with E-state index in [4.69, 9.17) is 14.5 Å². The summed E-state index contributed by atoms with van der Waals surface area (Å²) in [6.45, 7) is 2.09. The minimum absolute atomic E-state index is 0.217. The molecular weight excluding hydrogens is 412 g/mol. The molecule has 7 nitrogen and oxygen atoms in total. The summed E-state index contributed by atoms with van der Waals surface area (Å²) in [5.74, 6) is 2.42. The number of hydrogen-bond donors (Lipinski definition) is 1. The summed E-state index contributed by atoms with van der Waals surface area (Å²) in [5, 5.41) is 5.62. The van der Waals surface area contributed by atoms with Crippen molar-refractivity contribution in [1.82, 2.24) is 14.5 Å². The number of amides is 1. The predicted octanol–water partition coefficient (Wildman–Crippen LogP) is 4.68. The van der Waals surface area contributed by atoms with Gasteiger partial charge in [-0.15, -0.1) is 11.3 Å². The number of nitrogens with zero attached hydrogens (tertiary/aromatic N) is 3. The Morgan fingerprint density at radius 3 is 2.87 bits per heavy atom. The smallest absolute Gasteiger partial charge is 0.249 e. The number of nitrogens with one attached hydrogen (secondary N) is 1. The van der Waals surface area contributed by atoms with Gasteiger partial charge in [0, 0.05) is 17.0 Å². The highest BCUT2D eigenvalue weighted by molar-refractivity contribution is 7.12. The molecule has 2 aromatic heterocycles. The molecule has 31 heavy (non-hydrogen) atoms. The van der Waals surface area contributed by atoms with E-state index in [-0.39, 0.29) is 12.7 Å². The van der Waals surface area contributed by atoms with Crippen molar-refractivity contribution in [2.75, 3.05) is 12.1 Å². The van der Waals surface area contributed by atoms with E-state index in [1.165, 1.54) is 17.4 Å². The maximum absolute atomic E-state index is 12.5. The van der Waals surface area contributed by atoms with Gasteiger partial charge in [0.05, 0.1) is 11.9 Å². The van der Waals surface area contributed by atoms with Crippen LogP contribution in [-0.4, -0.2) is 27.2 Å². The molecular formula is C23H18N4O3S. The predicted molar refractivity (Wildman–Crippen MR) is 120 cm³/mol. The third-order valence-electron chi connectivity index (χ3n) is 4.77. The van der Waals surface area contributed by atoms with Crippen molar-refractivity contribution < 1.29 is 14.3 Å². The molecule has 8 heteroatoms. The van der Waals surface area contributed by atoms with Gasteiger partial charge in [-0.1, -0.05) is 36.4 Å². The van der Waals surface area contributed by atoms with Gasteiger partial charge < -0.3 is 14.8 Å². The monoisotopic (exact) mass is 430 g/mol. The van der Waals surface area contributed by atoms with Crippen LogP contribution in [-0.2, 0) is 4.79 Å². The fourth-order valence-electron chi connectivity index (χ4n) is 3.24. The largest absolute Gasteiger partial charge is 0.454 e. The fraction of sp³-hybridized carbons (Fsp3) is 0.0870. The van der Waals surface area contributed by atoms with Crippen molar-refractivity contribution in [3.8, 4) is 27.9 Å². The Morgan fingerprint density at radius 2 is 2.00 bits per heavy atom. The first-order valence-electron chi connectivity index (χ1n) is 9.62. The van der Waals surface area contributed by atoms with E-state index in [2.05, 4.69) is 10.3 Å². The lowest BCUT2D eigenvalue weighted by atomic mass is 10.2. The molecule has 1 aliphatic rings. The van der Waals surface area contributed by atoms with E-state index in [0.29, 0.717) is 17.3 Å². The lowest BCUT2D eigenvalue weighted by Crippen LogP contribution is -2.12. The summed E-state index contributed by atoms with van der Waals surface area (Å²) in [5.41, 5.74) is 2.77. The molecule has 0 bridgehead atoms. The van der Waals surface area contributed by atoms with Gasteiger partial charge >= 0.3 is 0 Å². The van der Waals surface area contributed by atoms with E-state index in [1.807, 2.05) is 65.4 Å². The molecule has 1 N–H and O–H groups in total. The van der Waals surface area contributed by atoms with Gasteiger partial charge in [0.15, 0.2) is 16.6 Å². The number of aryl methyl sites for hydroxylation is 1. The van der Waals surface area contributed by atoms with Crippen LogP contribution >= 0.6 is 11.3 Å². The summed E-state index contributed by atoms with van der Waals surface area (Å²) in [6, 6.07) is 15.5. The number of benzene rings is 2. The zero-order chi connectivity index (χ0) is 21.2. The van der Waals surface area contributed by atoms with Gasteiger partial charge in [-0.2, -0.15) is 0 Å². The minimum atomic E-state index is -0.265. The Hall–Kier alpha value is -3.91. The molecule has 154 valence electrons. The molecule has 0 spiro atoms. The summed E-state index contributed by atoms with van der Waals surface area (Å²) >= 11 is 1.50. The Morgan fingerprint density at radius 1 is 1.16 bits per heavy atom. The number of anilines is 1. The van der Waals surface area contributed by atoms with Crippen LogP contribution in [0.1, 0.15) is 11.4 Å². The SMILES string of the molecule is Cc1ncc(NC(=O)/C=C/c2ccc3c(c2)OCO3)n1-c1nc(-c2ccccc2)cs1. The molecule has 5 rings (SSSR count). The van der Waals surface area contributed by atoms with Crippen molar-refractivity contribution in [2.45, 2.75) is 6.92 Å². The standard InChI is InChI=1S/C23H18N4O3S/c1-15-24-12-21(27(15)23-25-18(13-31-23)17-5-3-2-4-6-17)26-22(28)10-8-16-7-9-19-20(11-16)30-14-29-19/h2-13H,14H2,1H3,(H,26,28)/b10-8+. The zero-order valence-electron chi connectivity index (χ0n) is 16.6. The molecule has 1 aliphatic heterocycles. The van der Waals surface area contributed by atoms with Crippen molar-refractivity contribution in [3.63, 3.8) is 0 Å². The number of carbonyl (C=O) groups is 1. The molecule has 0 atom stereocenters. The van der Waals surface area contributed by atoms with Crippen LogP contribution in [0.4, 0.5) is 5.82 Å². The highest BCUT2D eigenvalue weighted by Crippen LogP contribution is 2.33. The fourth-order valence-corrected chi connectivity index (χ4v) is 4.13. The van der Waals surface area contributed by atoms with Crippen LogP contribution in [0.5, 0.6) is 11.5 Å². The second-order valence-corrected chi connectivity index (χ2v) is 7.68. The molecule has 0 unspecified atom stereocenters. The number of imidazole rings is 1. The van der Waals surface area contributed by atoms with Crippen LogP contribution in [0.3, 0.4) is 0 Å². The summed E-state index contributed by atoms with van der Waals surface area (Å²) in [4.78, 5) is 21.6. The molecule has 3 heterocycles. The van der Waals surface area contributed by atoms with E-state index >= 15 is 0 Å². The molecule has 0 saturated heterocycles. The van der Waals surface area contributed by atoms with Gasteiger partial charge in [0.25, 0.3) is 0 Å². The number of ether oxygens (including phenoxy) is 2. The number of thiazole rings is 1. The van der Waals surface area contributed by atoms with Gasteiger partial charge in [-0.25, -0.2) is 9.97 Å². The lowest BCUT2D eigenvalue weighted by molar-refractivity contribution is -0.111. The maximum atomic E-state index is 12.5. The molecule has 1 amide bonds. The van der Waals surface area contributed by atoms with Crippen LogP contribution in [0.15, 0.2) is 66.2 Å². The summed E-state index contributed by atoms with van der Waals surface area (Å²) in [6.07, 6.45) is 4.83. The normalized spacial score (nSPS) is 12.4. The van der Waals surface area contributed by atoms with Crippen LogP contribution < -0.4 is 14.8 Å². The number of hydrogen-bond acceptors (Lipinski definition) is 6. The van der Waals surface area contributed by atoms with Crippen molar-refractivity contribution in [2.24, 2.45) is 0 Å². The third kappa shape index (κ3) is 3.93. The first kappa shape index (κ1) is 19.1. The van der Waals surface area contributed by atoms with E-state index < -0.39 is 0 Å². The average Bonchev–Trinajstić information content (AvgIpc) is 3.52. The van der Waals surface area contributed by atoms with Gasteiger partial charge in [0.1, 0.15) is 11.6 Å². The Labute approximate surface area is 182 Å². The van der Waals surface area contributed by atoms with Gasteiger partial charge in [-0.3, -0.25) is 9.36 Å². The van der Waals surface area contributed by atoms with E-state index in [1.54, 1.807) is 12.3 Å². The zero-order valence-corrected chi connectivity index (χ0v) is 17.4. The Bertz CT molecular complexity index is 1280. The first-order valence-corrected chi connectivity index (χ1v) is 10.5. The van der Waals surface area contributed by atoms with Crippen LogP contribution in [0, 0.1) is 6.92 Å². The molecule has 0 aliphatic carbocycles. The number of fused-ring (bicyclic) bond motifs is 1. The van der Waals surface area contributed by atoms with Crippen LogP contribution in [0.25, 0.3) is 22.5 Å². The van der Waals surface area contributed by atoms with Crippen molar-refractivity contribution >= 4 is 29.1 Å². The van der Waals surface area contributed by atoms with Crippen LogP contribution in [0.2, 0.25) is 0 Å². The third-order valence-corrected chi connectivity index (χ3v) is 5.59. The molecule has 0 saturated carbocycles. The van der Waals surface area contributed by atoms with Crippen molar-refractivity contribution in [3.05, 3.63) is 77.6 Å². The lowest BCUT2D eigenvalue weighted by Gasteiger charge is -2.07. The second-order valence-electron chi connectivity index (χ2n) is 6.84. The molecule has 0 radical (unpaired) electrons. The minimum Gasteiger partial charge on any atom is -0.454 e. The quantitative estimate of drug-likeness (QED) is 0.465. The van der Waals surface area contributed by atoms with E-state index in [9.17, 15) is 4.79 Å². The van der Waals surface area contributed by atoms with Gasteiger partial charge in [-0.05, 0) is 30.7 Å². The Kier molecular flexibility index (Phi) is 4.97. The van der Waals surface area contributed by atoms with Crippen molar-refractivity contribution in [1.29, 1.82) is 0 Å². The second kappa shape index (κ2) is 8.08. The maximum Gasteiger partial charge on any atom is 0.249 e. The molecule has 0 fully saturated rings. The van der Waals surface area contributed by atoms with E-state index in [0.717, 1.165) is 27.8 Å². The number of rotatable bonds is 5. The Balaban J connectivity index is 1.34. The molecule has 2 aromatic carbocycles. The average molecular weight is 430 g/mol. The molecule has 4 aromatic rings. The summed E-state index contributed by atoms with van der Waals surface area (Å²) in [7, 11) is 0. The highest BCUT2D eigenvalue weighted by atomic mass is 32.1.